The van der Waals surface area contributed by atoms with Gasteiger partial charge in [-0.15, -0.1) is 18.3 Å². The number of halogens is 3. The maximum absolute atomic E-state index is 12.4. The van der Waals surface area contributed by atoms with Crippen molar-refractivity contribution in [2.24, 2.45) is 4.99 Å². The number of aliphatic imine (C=N–C) groups is 1. The monoisotopic (exact) mass is 666 g/mol. The minimum Gasteiger partial charge on any atom is -0.406 e. The fourth-order valence-electron chi connectivity index (χ4n) is 5.80. The standard InChI is InChI=1S/C35H41F3N6O2S/c1-22(2)31-24(4)7-6-8-30(31)44-25(5)18-20-47-34(44)41-33(45)39-19-17-23(3)26-9-11-27(12-10-26)32-40-21-43(42-32)28-13-15-29(16-14-28)46-35(36,37)38/h6-16,21-23,25,33,39,45H,17-20H2,1-5H3/b41-34-. The highest BCUT2D eigenvalue weighted by Crippen LogP contribution is 2.36. The van der Waals surface area contributed by atoms with Gasteiger partial charge in [-0.2, -0.15) is 0 Å². The number of nitrogens with zero attached hydrogens (tertiary/aromatic N) is 5. The molecule has 0 spiro atoms. The number of rotatable bonds is 11. The number of aryl methyl sites for hydroxylation is 1. The van der Waals surface area contributed by atoms with Gasteiger partial charge in [-0.3, -0.25) is 5.32 Å². The molecule has 3 atom stereocenters. The molecule has 8 nitrogen and oxygen atoms in total. The van der Waals surface area contributed by atoms with Crippen molar-refractivity contribution in [1.29, 1.82) is 0 Å². The SMILES string of the molecule is Cc1cccc(N2/C(=N/C(O)NCCC(C)c3ccc(-c4ncn(-c5ccc(OC(F)(F)F)cc5)n4)cc3)SCCC2C)c1C(C)C. The summed E-state index contributed by atoms with van der Waals surface area (Å²) in [7, 11) is 0. The molecule has 0 radical (unpaired) electrons. The van der Waals surface area contributed by atoms with Gasteiger partial charge in [0.05, 0.1) is 5.69 Å². The molecule has 0 saturated carbocycles. The van der Waals surface area contributed by atoms with Crippen molar-refractivity contribution in [3.05, 3.63) is 89.7 Å². The van der Waals surface area contributed by atoms with Crippen LogP contribution in [0.5, 0.6) is 5.75 Å². The van der Waals surface area contributed by atoms with Crippen molar-refractivity contribution >= 4 is 22.6 Å². The molecule has 2 N–H and O–H groups in total. The largest absolute Gasteiger partial charge is 0.573 e. The minimum absolute atomic E-state index is 0.223. The summed E-state index contributed by atoms with van der Waals surface area (Å²) in [5, 5.41) is 19.4. The van der Waals surface area contributed by atoms with Crippen molar-refractivity contribution in [3.63, 3.8) is 0 Å². The molecule has 1 aliphatic heterocycles. The number of nitrogens with one attached hydrogen (secondary N) is 1. The van der Waals surface area contributed by atoms with Gasteiger partial charge in [-0.25, -0.2) is 14.7 Å². The normalized spacial score (nSPS) is 17.7. The lowest BCUT2D eigenvalue weighted by Crippen LogP contribution is -2.43. The summed E-state index contributed by atoms with van der Waals surface area (Å²) in [5.41, 5.74) is 6.26. The quantitative estimate of drug-likeness (QED) is 0.157. The number of aliphatic hydroxyl groups is 1. The van der Waals surface area contributed by atoms with Gasteiger partial charge in [-0.05, 0) is 92.1 Å². The van der Waals surface area contributed by atoms with Crippen molar-refractivity contribution in [2.75, 3.05) is 17.2 Å². The van der Waals surface area contributed by atoms with Crippen molar-refractivity contribution in [2.45, 2.75) is 78.1 Å². The average molecular weight is 667 g/mol. The van der Waals surface area contributed by atoms with E-state index in [-0.39, 0.29) is 17.7 Å². The first kappa shape index (κ1) is 34.5. The van der Waals surface area contributed by atoms with E-state index in [1.807, 2.05) is 24.3 Å². The second kappa shape index (κ2) is 14.9. The Hall–Kier alpha value is -3.87. The molecule has 1 aliphatic rings. The van der Waals surface area contributed by atoms with Gasteiger partial charge in [0.2, 0.25) is 6.35 Å². The molecule has 0 amide bonds. The molecule has 2 heterocycles. The fourth-order valence-corrected chi connectivity index (χ4v) is 7.03. The number of anilines is 1. The number of amidine groups is 1. The van der Waals surface area contributed by atoms with Crippen molar-refractivity contribution in [1.82, 2.24) is 20.1 Å². The molecule has 4 aromatic rings. The van der Waals surface area contributed by atoms with Crippen LogP contribution in [0.2, 0.25) is 0 Å². The Morgan fingerprint density at radius 3 is 2.47 bits per heavy atom. The molecule has 1 fully saturated rings. The fraction of sp³-hybridized carbons (Fsp3) is 0.400. The summed E-state index contributed by atoms with van der Waals surface area (Å²) in [6.07, 6.45) is -2.40. The van der Waals surface area contributed by atoms with Crippen LogP contribution < -0.4 is 15.0 Å². The average Bonchev–Trinajstić information content (AvgIpc) is 3.51. The highest BCUT2D eigenvalue weighted by Gasteiger charge is 2.31. The van der Waals surface area contributed by atoms with Crippen molar-refractivity contribution < 1.29 is 23.0 Å². The topological polar surface area (TPSA) is 87.8 Å². The minimum atomic E-state index is -4.74. The smallest absolute Gasteiger partial charge is 0.406 e. The molecule has 0 aliphatic carbocycles. The summed E-state index contributed by atoms with van der Waals surface area (Å²) in [6.45, 7) is 11.5. The number of thioether (sulfide) groups is 1. The van der Waals surface area contributed by atoms with Crippen molar-refractivity contribution in [3.8, 4) is 22.8 Å². The number of aromatic nitrogens is 3. The third-order valence-electron chi connectivity index (χ3n) is 8.25. The summed E-state index contributed by atoms with van der Waals surface area (Å²) >= 11 is 1.68. The molecule has 1 saturated heterocycles. The number of ether oxygens (including phenoxy) is 1. The van der Waals surface area contributed by atoms with Crippen LogP contribution in [0.3, 0.4) is 0 Å². The molecular formula is C35H41F3N6O2S. The maximum Gasteiger partial charge on any atom is 0.573 e. The van der Waals surface area contributed by atoms with Crippen LogP contribution >= 0.6 is 11.8 Å². The lowest BCUT2D eigenvalue weighted by atomic mass is 9.95. The molecule has 3 unspecified atom stereocenters. The Bertz CT molecular complexity index is 1660. The second-order valence-electron chi connectivity index (χ2n) is 12.1. The Kier molecular flexibility index (Phi) is 10.9. The van der Waals surface area contributed by atoms with Crippen LogP contribution in [0, 0.1) is 6.92 Å². The van der Waals surface area contributed by atoms with Gasteiger partial charge in [0.25, 0.3) is 0 Å². The first-order valence-corrected chi connectivity index (χ1v) is 16.8. The molecule has 250 valence electrons. The first-order chi connectivity index (χ1) is 22.4. The van der Waals surface area contributed by atoms with Crippen LogP contribution in [-0.2, 0) is 0 Å². The van der Waals surface area contributed by atoms with E-state index in [9.17, 15) is 18.3 Å². The van der Waals surface area contributed by atoms with Gasteiger partial charge in [0, 0.05) is 23.0 Å². The van der Waals surface area contributed by atoms with Gasteiger partial charge in [0.15, 0.2) is 11.0 Å². The van der Waals surface area contributed by atoms with Crippen LogP contribution in [-0.4, -0.2) is 56.1 Å². The van der Waals surface area contributed by atoms with E-state index in [0.717, 1.165) is 34.9 Å². The van der Waals surface area contributed by atoms with E-state index in [1.54, 1.807) is 11.8 Å². The third kappa shape index (κ3) is 8.74. The second-order valence-corrected chi connectivity index (χ2v) is 13.2. The molecular weight excluding hydrogens is 625 g/mol. The number of benzene rings is 3. The van der Waals surface area contributed by atoms with Gasteiger partial charge in [-0.1, -0.05) is 68.9 Å². The summed E-state index contributed by atoms with van der Waals surface area (Å²) in [4.78, 5) is 11.4. The Morgan fingerprint density at radius 2 is 1.79 bits per heavy atom. The van der Waals surface area contributed by atoms with Gasteiger partial charge >= 0.3 is 6.36 Å². The molecule has 5 rings (SSSR count). The zero-order chi connectivity index (χ0) is 33.7. The molecule has 12 heteroatoms. The Morgan fingerprint density at radius 1 is 1.06 bits per heavy atom. The molecule has 3 aromatic carbocycles. The van der Waals surface area contributed by atoms with Crippen LogP contribution in [0.25, 0.3) is 17.1 Å². The third-order valence-corrected chi connectivity index (χ3v) is 9.25. The highest BCUT2D eigenvalue weighted by molar-refractivity contribution is 8.14. The lowest BCUT2D eigenvalue weighted by Gasteiger charge is -2.38. The van der Waals surface area contributed by atoms with E-state index in [0.29, 0.717) is 24.0 Å². The van der Waals surface area contributed by atoms with Gasteiger partial charge in [0.1, 0.15) is 12.1 Å². The maximum atomic E-state index is 12.4. The number of hydrogen-bond acceptors (Lipinski definition) is 7. The van der Waals surface area contributed by atoms with E-state index in [2.05, 4.69) is 77.9 Å². The number of aliphatic hydroxyl groups excluding tert-OH is 1. The summed E-state index contributed by atoms with van der Waals surface area (Å²) in [5.74, 6) is 1.75. The lowest BCUT2D eigenvalue weighted by molar-refractivity contribution is -0.274. The molecule has 0 bridgehead atoms. The molecule has 1 aromatic heterocycles. The van der Waals surface area contributed by atoms with E-state index < -0.39 is 12.7 Å². The summed E-state index contributed by atoms with van der Waals surface area (Å²) in [6, 6.07) is 20.1. The summed E-state index contributed by atoms with van der Waals surface area (Å²) < 4.78 is 42.8. The van der Waals surface area contributed by atoms with E-state index in [1.165, 1.54) is 52.1 Å². The van der Waals surface area contributed by atoms with Crippen LogP contribution in [0.15, 0.2) is 78.0 Å². The first-order valence-electron chi connectivity index (χ1n) is 15.8. The Balaban J connectivity index is 1.17. The van der Waals surface area contributed by atoms with Crippen LogP contribution in [0.1, 0.15) is 69.1 Å². The van der Waals surface area contributed by atoms with E-state index >= 15 is 0 Å². The van der Waals surface area contributed by atoms with Crippen LogP contribution in [0.4, 0.5) is 18.9 Å². The van der Waals surface area contributed by atoms with Gasteiger partial charge < -0.3 is 14.7 Å². The molecule has 47 heavy (non-hydrogen) atoms. The number of hydrogen-bond donors (Lipinski definition) is 2. The zero-order valence-corrected chi connectivity index (χ0v) is 28.0. The highest BCUT2D eigenvalue weighted by atomic mass is 32.2. The number of alkyl halides is 3. The predicted molar refractivity (Wildman–Crippen MR) is 182 cm³/mol. The predicted octanol–water partition coefficient (Wildman–Crippen LogP) is 8.01. The van der Waals surface area contributed by atoms with E-state index in [4.69, 9.17) is 4.99 Å². The zero-order valence-electron chi connectivity index (χ0n) is 27.2. The Labute approximate surface area is 278 Å².